The van der Waals surface area contributed by atoms with Crippen LogP contribution in [0.25, 0.3) is 0 Å². The second kappa shape index (κ2) is 9.96. The second-order valence-corrected chi connectivity index (χ2v) is 11.3. The van der Waals surface area contributed by atoms with Gasteiger partial charge in [0.1, 0.15) is 0 Å². The van der Waals surface area contributed by atoms with Crippen LogP contribution < -0.4 is 10.6 Å². The Morgan fingerprint density at radius 2 is 1.25 bits per heavy atom. The van der Waals surface area contributed by atoms with Crippen molar-refractivity contribution in [2.75, 3.05) is 13.1 Å². The minimum atomic E-state index is -0.537. The molecule has 24 heavy (non-hydrogen) atoms. The van der Waals surface area contributed by atoms with Gasteiger partial charge in [-0.1, -0.05) is 83.4 Å². The van der Waals surface area contributed by atoms with Gasteiger partial charge in [0.05, 0.1) is 7.91 Å². The normalized spacial score (nSPS) is 13.2. The lowest BCUT2D eigenvalue weighted by Crippen LogP contribution is -2.33. The molecule has 0 saturated carbocycles. The first-order valence-electron chi connectivity index (χ1n) is 8.59. The van der Waals surface area contributed by atoms with Gasteiger partial charge in [-0.15, -0.1) is 0 Å². The topological polar surface area (TPSA) is 6.48 Å². The van der Waals surface area contributed by atoms with Crippen LogP contribution in [0.5, 0.6) is 0 Å². The van der Waals surface area contributed by atoms with Crippen molar-refractivity contribution in [3.8, 4) is 0 Å². The van der Waals surface area contributed by atoms with Gasteiger partial charge in [0.25, 0.3) is 0 Å². The Morgan fingerprint density at radius 3 is 1.58 bits per heavy atom. The van der Waals surface area contributed by atoms with Gasteiger partial charge >= 0.3 is 0 Å². The predicted octanol–water partition coefficient (Wildman–Crippen LogP) is 5.19. The summed E-state index contributed by atoms with van der Waals surface area (Å²) in [5.74, 6) is 0. The lowest BCUT2D eigenvalue weighted by molar-refractivity contribution is 0.469. The van der Waals surface area contributed by atoms with Crippen molar-refractivity contribution in [2.24, 2.45) is 0 Å². The Morgan fingerprint density at radius 1 is 0.833 bits per heavy atom. The van der Waals surface area contributed by atoms with Crippen molar-refractivity contribution in [3.63, 3.8) is 0 Å². The van der Waals surface area contributed by atoms with Crippen LogP contribution in [0.4, 0.5) is 0 Å². The molecule has 0 bridgehead atoms. The maximum atomic E-state index is 3.15. The molecule has 0 fully saturated rings. The summed E-state index contributed by atoms with van der Waals surface area (Å²) in [6.45, 7) is 11.3. The molecule has 5 heteroatoms. The zero-order valence-electron chi connectivity index (χ0n) is 15.1. The van der Waals surface area contributed by atoms with Crippen molar-refractivity contribution in [1.29, 1.82) is 0 Å². The highest BCUT2D eigenvalue weighted by Crippen LogP contribution is 2.63. The molecule has 0 N–H and O–H groups in total. The van der Waals surface area contributed by atoms with Crippen LogP contribution in [0.1, 0.15) is 27.7 Å². The molecule has 2 nitrogen and oxygen atoms in total. The molecule has 0 aliphatic carbocycles. The summed E-state index contributed by atoms with van der Waals surface area (Å²) in [6.07, 6.45) is 0. The van der Waals surface area contributed by atoms with E-state index < -0.39 is 16.0 Å². The summed E-state index contributed by atoms with van der Waals surface area (Å²) >= 11 is 0. The Balaban J connectivity index is 2.50. The van der Waals surface area contributed by atoms with E-state index >= 15 is 0 Å². The standard InChI is InChI=1S/C19H29N2P3/c1-5-20(6-2)24(22)21(17(3)4)23(18-13-9-7-10-14-18)19-15-11-8-12-16-19/h7-17H,5-6,22H2,1-4H3. The van der Waals surface area contributed by atoms with Crippen LogP contribution >= 0.6 is 24.9 Å². The van der Waals surface area contributed by atoms with Crippen molar-refractivity contribution in [3.05, 3.63) is 60.7 Å². The minimum Gasteiger partial charge on any atom is -0.267 e. The highest BCUT2D eigenvalue weighted by Gasteiger charge is 2.31. The highest BCUT2D eigenvalue weighted by molar-refractivity contribution is 8.13. The largest absolute Gasteiger partial charge is 0.267 e. The Hall–Kier alpha value is -0.350. The van der Waals surface area contributed by atoms with E-state index in [-0.39, 0.29) is 0 Å². The lowest BCUT2D eigenvalue weighted by Gasteiger charge is -2.43. The number of hydrogen-bond donors (Lipinski definition) is 0. The van der Waals surface area contributed by atoms with E-state index in [1.807, 2.05) is 0 Å². The Bertz CT molecular complexity index is 549. The fourth-order valence-electron chi connectivity index (χ4n) is 2.73. The van der Waals surface area contributed by atoms with Gasteiger partial charge in [0.15, 0.2) is 0 Å². The summed E-state index contributed by atoms with van der Waals surface area (Å²) < 4.78 is 5.30. The third-order valence-corrected chi connectivity index (χ3v) is 11.8. The highest BCUT2D eigenvalue weighted by atomic mass is 32.0. The van der Waals surface area contributed by atoms with E-state index in [1.54, 1.807) is 0 Å². The molecular weight excluding hydrogens is 349 g/mol. The molecule has 2 aromatic carbocycles. The lowest BCUT2D eigenvalue weighted by atomic mass is 10.4. The van der Waals surface area contributed by atoms with E-state index in [0.717, 1.165) is 13.1 Å². The average molecular weight is 378 g/mol. The van der Waals surface area contributed by atoms with Crippen molar-refractivity contribution >= 4 is 35.5 Å². The molecule has 0 spiro atoms. The Kier molecular flexibility index (Phi) is 8.29. The molecule has 0 aliphatic rings. The van der Waals surface area contributed by atoms with E-state index in [1.165, 1.54) is 10.6 Å². The molecule has 2 unspecified atom stereocenters. The van der Waals surface area contributed by atoms with Crippen LogP contribution in [-0.2, 0) is 0 Å². The summed E-state index contributed by atoms with van der Waals surface area (Å²) in [5, 5.41) is 2.85. The van der Waals surface area contributed by atoms with Crippen LogP contribution in [0, 0.1) is 0 Å². The van der Waals surface area contributed by atoms with Crippen LogP contribution in [0.2, 0.25) is 0 Å². The van der Waals surface area contributed by atoms with Crippen LogP contribution in [-0.4, -0.2) is 28.2 Å². The number of hydrogen-bond acceptors (Lipinski definition) is 2. The number of rotatable bonds is 8. The molecular formula is C19H29N2P3. The first kappa shape index (κ1) is 20.0. The molecule has 0 aliphatic heterocycles. The van der Waals surface area contributed by atoms with Gasteiger partial charge in [-0.25, -0.2) is 4.44 Å². The summed E-state index contributed by atoms with van der Waals surface area (Å²) in [7, 11) is 2.19. The molecule has 0 aromatic heterocycles. The smallest absolute Gasteiger partial charge is 0.0626 e. The van der Waals surface area contributed by atoms with Crippen molar-refractivity contribution in [1.82, 2.24) is 9.11 Å². The SMILES string of the molecule is CCN(CC)P(P)N(C(C)C)P(c1ccccc1)c1ccccc1. The third kappa shape index (κ3) is 4.85. The third-order valence-electron chi connectivity index (χ3n) is 3.90. The predicted molar refractivity (Wildman–Crippen MR) is 116 cm³/mol. The first-order chi connectivity index (χ1) is 11.6. The fraction of sp³-hybridized carbons (Fsp3) is 0.368. The van der Waals surface area contributed by atoms with E-state index in [2.05, 4.69) is 106 Å². The summed E-state index contributed by atoms with van der Waals surface area (Å²) in [5.41, 5.74) is 0. The van der Waals surface area contributed by atoms with Crippen molar-refractivity contribution < 1.29 is 0 Å². The zero-order chi connectivity index (χ0) is 17.5. The molecule has 0 heterocycles. The van der Waals surface area contributed by atoms with Crippen molar-refractivity contribution in [2.45, 2.75) is 33.7 Å². The second-order valence-electron chi connectivity index (χ2n) is 5.86. The number of nitrogens with zero attached hydrogens (tertiary/aromatic N) is 2. The van der Waals surface area contributed by atoms with E-state index in [9.17, 15) is 0 Å². The van der Waals surface area contributed by atoms with Crippen LogP contribution in [0.15, 0.2) is 60.7 Å². The molecule has 2 atom stereocenters. The quantitative estimate of drug-likeness (QED) is 0.584. The minimum absolute atomic E-state index is 0.422. The van der Waals surface area contributed by atoms with Crippen LogP contribution in [0.3, 0.4) is 0 Å². The summed E-state index contributed by atoms with van der Waals surface area (Å²) in [6, 6.07) is 22.5. The average Bonchev–Trinajstić information content (AvgIpc) is 2.61. The van der Waals surface area contributed by atoms with Gasteiger partial charge in [0.2, 0.25) is 0 Å². The van der Waals surface area contributed by atoms with Gasteiger partial charge in [0, 0.05) is 27.2 Å². The van der Waals surface area contributed by atoms with E-state index in [4.69, 9.17) is 0 Å². The van der Waals surface area contributed by atoms with Gasteiger partial charge in [-0.05, 0) is 24.5 Å². The molecule has 0 saturated heterocycles. The maximum Gasteiger partial charge on any atom is 0.0626 e. The van der Waals surface area contributed by atoms with Gasteiger partial charge < -0.3 is 0 Å². The Labute approximate surface area is 152 Å². The molecule has 0 radical (unpaired) electrons. The van der Waals surface area contributed by atoms with Gasteiger partial charge in [-0.2, -0.15) is 0 Å². The molecule has 130 valence electrons. The first-order valence-corrected chi connectivity index (χ1v) is 12.7. The van der Waals surface area contributed by atoms with Gasteiger partial charge in [-0.3, -0.25) is 4.67 Å². The van der Waals surface area contributed by atoms with E-state index in [0.29, 0.717) is 6.04 Å². The maximum absolute atomic E-state index is 3.15. The number of benzene rings is 2. The molecule has 2 rings (SSSR count). The zero-order valence-corrected chi connectivity index (χ0v) is 18.1. The fourth-order valence-corrected chi connectivity index (χ4v) is 10.6. The summed E-state index contributed by atoms with van der Waals surface area (Å²) in [4.78, 5) is 0. The molecule has 2 aromatic rings. The molecule has 0 amide bonds. The monoisotopic (exact) mass is 378 g/mol.